The molecule has 5 rings (SSSR count). The first kappa shape index (κ1) is 20.8. The van der Waals surface area contributed by atoms with Crippen molar-refractivity contribution in [3.63, 3.8) is 0 Å². The van der Waals surface area contributed by atoms with Crippen molar-refractivity contribution in [2.45, 2.75) is 12.7 Å². The predicted octanol–water partition coefficient (Wildman–Crippen LogP) is 7.56. The average molecular weight is 444 g/mol. The molecule has 0 aliphatic carbocycles. The molecule has 1 aromatic heterocycles. The van der Waals surface area contributed by atoms with E-state index in [0.717, 1.165) is 17.2 Å². The maximum absolute atomic E-state index is 13.7. The Morgan fingerprint density at radius 3 is 2.12 bits per heavy atom. The monoisotopic (exact) mass is 444 g/mol. The highest BCUT2D eigenvalue weighted by atomic mass is 19.4. The molecule has 0 N–H and O–H groups in total. The van der Waals surface area contributed by atoms with Crippen molar-refractivity contribution >= 4 is 10.9 Å². The molecule has 0 unspecified atom stereocenters. The highest BCUT2D eigenvalue weighted by Gasteiger charge is 2.34. The van der Waals surface area contributed by atoms with Crippen LogP contribution in [0.3, 0.4) is 0 Å². The summed E-state index contributed by atoms with van der Waals surface area (Å²) in [6.45, 7) is 0.339. The van der Waals surface area contributed by atoms with E-state index >= 15 is 0 Å². The summed E-state index contributed by atoms with van der Waals surface area (Å²) in [6.07, 6.45) is -4.50. The number of hydrogen-bond donors (Lipinski definition) is 0. The third kappa shape index (κ3) is 4.32. The normalized spacial score (nSPS) is 11.6. The summed E-state index contributed by atoms with van der Waals surface area (Å²) in [4.78, 5) is 0. The van der Waals surface area contributed by atoms with Gasteiger partial charge in [-0.3, -0.25) is 4.68 Å². The highest BCUT2D eigenvalue weighted by Crippen LogP contribution is 2.39. The fraction of sp³-hybridized carbons (Fsp3) is 0.0741. The number of nitrogens with zero attached hydrogens (tertiary/aromatic N) is 2. The number of fused-ring (bicyclic) bond motifs is 1. The van der Waals surface area contributed by atoms with Gasteiger partial charge in [-0.25, -0.2) is 0 Å². The minimum Gasteiger partial charge on any atom is -0.457 e. The van der Waals surface area contributed by atoms with Crippen LogP contribution in [0.4, 0.5) is 13.2 Å². The maximum atomic E-state index is 13.7. The molecule has 3 nitrogen and oxygen atoms in total. The van der Waals surface area contributed by atoms with Gasteiger partial charge in [0.1, 0.15) is 17.0 Å². The molecule has 0 fully saturated rings. The molecule has 4 aromatic carbocycles. The Morgan fingerprint density at radius 2 is 1.39 bits per heavy atom. The van der Waals surface area contributed by atoms with Crippen molar-refractivity contribution in [3.05, 3.63) is 114 Å². The molecule has 0 radical (unpaired) electrons. The highest BCUT2D eigenvalue weighted by molar-refractivity contribution is 5.95. The first-order chi connectivity index (χ1) is 16.0. The van der Waals surface area contributed by atoms with E-state index in [1.807, 2.05) is 84.9 Å². The Labute approximate surface area is 188 Å². The van der Waals surface area contributed by atoms with Gasteiger partial charge in [-0.1, -0.05) is 72.8 Å². The van der Waals surface area contributed by atoms with Gasteiger partial charge in [0.25, 0.3) is 0 Å². The SMILES string of the molecule is FC(F)(F)c1cccc2c(-c3cccc(Oc4ccccc4)c3)n(Cc3ccccc3)nc12. The van der Waals surface area contributed by atoms with Crippen LogP contribution in [0, 0.1) is 0 Å². The standard InChI is InChI=1S/C27H19F3N2O/c28-27(29,30)24-16-8-15-23-25(24)31-32(18-19-9-3-1-4-10-19)26(23)20-11-7-14-22(17-20)33-21-12-5-2-6-13-21/h1-17H,18H2. The predicted molar refractivity (Wildman–Crippen MR) is 122 cm³/mol. The van der Waals surface area contributed by atoms with Crippen LogP contribution in [0.25, 0.3) is 22.2 Å². The Bertz CT molecular complexity index is 1390. The zero-order chi connectivity index (χ0) is 22.8. The number of rotatable bonds is 5. The van der Waals surface area contributed by atoms with Crippen molar-refractivity contribution < 1.29 is 17.9 Å². The zero-order valence-electron chi connectivity index (χ0n) is 17.5. The minimum atomic E-state index is -4.50. The largest absolute Gasteiger partial charge is 0.457 e. The van der Waals surface area contributed by atoms with Crippen LogP contribution in [0.15, 0.2) is 103 Å². The van der Waals surface area contributed by atoms with E-state index in [1.54, 1.807) is 10.7 Å². The molecule has 0 bridgehead atoms. The van der Waals surface area contributed by atoms with Gasteiger partial charge < -0.3 is 4.74 Å². The fourth-order valence-corrected chi connectivity index (χ4v) is 3.89. The maximum Gasteiger partial charge on any atom is 0.418 e. The van der Waals surface area contributed by atoms with Gasteiger partial charge in [-0.05, 0) is 35.9 Å². The molecule has 164 valence electrons. The van der Waals surface area contributed by atoms with Crippen LogP contribution in [0.1, 0.15) is 11.1 Å². The van der Waals surface area contributed by atoms with E-state index in [2.05, 4.69) is 5.10 Å². The van der Waals surface area contributed by atoms with Crippen LogP contribution in [-0.4, -0.2) is 9.78 Å². The van der Waals surface area contributed by atoms with Crippen LogP contribution in [0.2, 0.25) is 0 Å². The second-order valence-corrected chi connectivity index (χ2v) is 7.63. The zero-order valence-corrected chi connectivity index (χ0v) is 17.5. The third-order valence-corrected chi connectivity index (χ3v) is 5.34. The topological polar surface area (TPSA) is 27.1 Å². The molecule has 0 saturated carbocycles. The molecule has 33 heavy (non-hydrogen) atoms. The van der Waals surface area contributed by atoms with Crippen LogP contribution in [-0.2, 0) is 12.7 Å². The molecule has 1 heterocycles. The van der Waals surface area contributed by atoms with Crippen molar-refractivity contribution in [2.75, 3.05) is 0 Å². The number of aromatic nitrogens is 2. The lowest BCUT2D eigenvalue weighted by molar-refractivity contribution is -0.136. The molecule has 0 aliphatic heterocycles. The first-order valence-electron chi connectivity index (χ1n) is 10.4. The second-order valence-electron chi connectivity index (χ2n) is 7.63. The van der Waals surface area contributed by atoms with Gasteiger partial charge >= 0.3 is 6.18 Å². The van der Waals surface area contributed by atoms with Gasteiger partial charge in [0.05, 0.1) is 17.8 Å². The van der Waals surface area contributed by atoms with Crippen molar-refractivity contribution in [1.29, 1.82) is 0 Å². The number of benzene rings is 4. The molecule has 0 aliphatic rings. The summed E-state index contributed by atoms with van der Waals surface area (Å²) in [5.74, 6) is 1.27. The molecule has 0 amide bonds. The van der Waals surface area contributed by atoms with Gasteiger partial charge in [0.2, 0.25) is 0 Å². The Kier molecular flexibility index (Phi) is 5.34. The Hall–Kier alpha value is -4.06. The van der Waals surface area contributed by atoms with Crippen LogP contribution < -0.4 is 4.74 Å². The summed E-state index contributed by atoms with van der Waals surface area (Å²) in [6, 6.07) is 30.4. The summed E-state index contributed by atoms with van der Waals surface area (Å²) < 4.78 is 48.8. The second kappa shape index (κ2) is 8.47. The number of halogens is 3. The number of hydrogen-bond acceptors (Lipinski definition) is 2. The number of alkyl halides is 3. The van der Waals surface area contributed by atoms with Crippen LogP contribution in [0.5, 0.6) is 11.5 Å². The van der Waals surface area contributed by atoms with E-state index in [-0.39, 0.29) is 5.52 Å². The van der Waals surface area contributed by atoms with Gasteiger partial charge in [0, 0.05) is 10.9 Å². The Balaban J connectivity index is 1.66. The lowest BCUT2D eigenvalue weighted by Gasteiger charge is -2.11. The molecule has 6 heteroatoms. The van der Waals surface area contributed by atoms with Gasteiger partial charge in [0.15, 0.2) is 0 Å². The van der Waals surface area contributed by atoms with Gasteiger partial charge in [-0.2, -0.15) is 18.3 Å². The quantitative estimate of drug-likeness (QED) is 0.280. The summed E-state index contributed by atoms with van der Waals surface area (Å²) >= 11 is 0. The molecule has 0 spiro atoms. The average Bonchev–Trinajstić information content (AvgIpc) is 3.17. The van der Waals surface area contributed by atoms with Gasteiger partial charge in [-0.15, -0.1) is 0 Å². The van der Waals surface area contributed by atoms with Crippen LogP contribution >= 0.6 is 0 Å². The van der Waals surface area contributed by atoms with E-state index in [0.29, 0.717) is 29.1 Å². The molecular formula is C27H19F3N2O. The van der Waals surface area contributed by atoms with E-state index < -0.39 is 11.7 Å². The van der Waals surface area contributed by atoms with E-state index in [9.17, 15) is 13.2 Å². The summed E-state index contributed by atoms with van der Waals surface area (Å²) in [5, 5.41) is 4.86. The van der Waals surface area contributed by atoms with Crippen molar-refractivity contribution in [3.8, 4) is 22.8 Å². The Morgan fingerprint density at radius 1 is 0.727 bits per heavy atom. The van der Waals surface area contributed by atoms with Crippen molar-refractivity contribution in [2.24, 2.45) is 0 Å². The summed E-state index contributed by atoms with van der Waals surface area (Å²) in [7, 11) is 0. The molecule has 0 saturated heterocycles. The molecule has 5 aromatic rings. The van der Waals surface area contributed by atoms with Crippen molar-refractivity contribution in [1.82, 2.24) is 9.78 Å². The van der Waals surface area contributed by atoms with E-state index in [1.165, 1.54) is 6.07 Å². The third-order valence-electron chi connectivity index (χ3n) is 5.34. The fourth-order valence-electron chi connectivity index (χ4n) is 3.89. The van der Waals surface area contributed by atoms with E-state index in [4.69, 9.17) is 4.74 Å². The molecular weight excluding hydrogens is 425 g/mol. The first-order valence-corrected chi connectivity index (χ1v) is 10.4. The number of para-hydroxylation sites is 1. The molecule has 0 atom stereocenters. The smallest absolute Gasteiger partial charge is 0.418 e. The lowest BCUT2D eigenvalue weighted by atomic mass is 10.0. The number of ether oxygens (including phenoxy) is 1. The lowest BCUT2D eigenvalue weighted by Crippen LogP contribution is -2.06. The minimum absolute atomic E-state index is 0.0645. The summed E-state index contributed by atoms with van der Waals surface area (Å²) in [5.41, 5.74) is 1.46.